The van der Waals surface area contributed by atoms with E-state index in [1.165, 1.54) is 16.7 Å². The normalized spacial score (nSPS) is 18.4. The van der Waals surface area contributed by atoms with Crippen molar-refractivity contribution in [2.75, 3.05) is 7.11 Å². The summed E-state index contributed by atoms with van der Waals surface area (Å²) < 4.78 is 11.9. The maximum absolute atomic E-state index is 8.94. The molecule has 0 aromatic heterocycles. The maximum atomic E-state index is 8.94. The summed E-state index contributed by atoms with van der Waals surface area (Å²) in [5.41, 5.74) is 6.28. The zero-order valence-corrected chi connectivity index (χ0v) is 17.2. The summed E-state index contributed by atoms with van der Waals surface area (Å²) in [6, 6.07) is 12.5. The Morgan fingerprint density at radius 3 is 2.50 bits per heavy atom. The Morgan fingerprint density at radius 2 is 1.86 bits per heavy atom. The summed E-state index contributed by atoms with van der Waals surface area (Å²) >= 11 is 0. The molecule has 4 nitrogen and oxygen atoms in total. The monoisotopic (exact) mass is 374 g/mol. The smallest absolute Gasteiger partial charge is 0.166 e. The highest BCUT2D eigenvalue weighted by molar-refractivity contribution is 6.16. The summed E-state index contributed by atoms with van der Waals surface area (Å²) in [5, 5.41) is 8.94. The molecule has 0 spiro atoms. The number of benzene rings is 2. The molecule has 0 amide bonds. The molecular formula is C24H26N2O2. The average molecular weight is 374 g/mol. The van der Waals surface area contributed by atoms with Gasteiger partial charge in [-0.25, -0.2) is 0 Å². The molecule has 2 aromatic rings. The Bertz CT molecular complexity index is 1010. The van der Waals surface area contributed by atoms with Gasteiger partial charge >= 0.3 is 0 Å². The van der Waals surface area contributed by atoms with Crippen LogP contribution in [0.15, 0.2) is 35.3 Å². The number of ether oxygens (including phenoxy) is 2. The van der Waals surface area contributed by atoms with Crippen molar-refractivity contribution in [3.05, 3.63) is 58.1 Å². The minimum atomic E-state index is -0.264. The molecule has 28 heavy (non-hydrogen) atoms. The van der Waals surface area contributed by atoms with Crippen LogP contribution in [0.2, 0.25) is 0 Å². The quantitative estimate of drug-likeness (QED) is 0.786. The molecule has 2 heterocycles. The van der Waals surface area contributed by atoms with E-state index in [-0.39, 0.29) is 11.1 Å². The first-order valence-corrected chi connectivity index (χ1v) is 9.71. The van der Waals surface area contributed by atoms with E-state index >= 15 is 0 Å². The predicted octanol–water partition coefficient (Wildman–Crippen LogP) is 4.65. The lowest BCUT2D eigenvalue weighted by molar-refractivity contribution is 0.134. The number of hydrogen-bond acceptors (Lipinski definition) is 4. The molecule has 0 atom stereocenters. The molecular weight excluding hydrogens is 348 g/mol. The van der Waals surface area contributed by atoms with E-state index in [2.05, 4.69) is 52.0 Å². The van der Waals surface area contributed by atoms with Gasteiger partial charge in [-0.2, -0.15) is 5.26 Å². The van der Waals surface area contributed by atoms with Crippen LogP contribution in [0.1, 0.15) is 55.5 Å². The van der Waals surface area contributed by atoms with Gasteiger partial charge in [0, 0.05) is 23.1 Å². The molecule has 0 bridgehead atoms. The molecule has 2 aromatic carbocycles. The first kappa shape index (κ1) is 18.6. The second kappa shape index (κ2) is 6.38. The molecule has 0 radical (unpaired) electrons. The van der Waals surface area contributed by atoms with Gasteiger partial charge in [-0.05, 0) is 51.3 Å². The molecule has 144 valence electrons. The molecule has 2 aliphatic heterocycles. The van der Waals surface area contributed by atoms with Crippen LogP contribution in [-0.4, -0.2) is 24.0 Å². The molecule has 4 heteroatoms. The van der Waals surface area contributed by atoms with Crippen molar-refractivity contribution in [3.63, 3.8) is 0 Å². The lowest BCUT2D eigenvalue weighted by atomic mass is 9.81. The van der Waals surface area contributed by atoms with Gasteiger partial charge < -0.3 is 9.47 Å². The molecule has 0 unspecified atom stereocenters. The Labute approximate surface area is 166 Å². The second-order valence-electron chi connectivity index (χ2n) is 8.94. The molecule has 0 saturated heterocycles. The van der Waals surface area contributed by atoms with Crippen molar-refractivity contribution < 1.29 is 9.47 Å². The van der Waals surface area contributed by atoms with E-state index in [4.69, 9.17) is 19.7 Å². The summed E-state index contributed by atoms with van der Waals surface area (Å²) in [5.74, 6) is 1.65. The standard InChI is InChI=1S/C24H26N2O2/c1-23(2)13-17-12-19(27-5)22-18(14-24(3,4)28-22)20(17)21(26-23)16-8-6-15(7-9-16)10-11-25/h6-9,12H,10,13-14H2,1-5H3. The van der Waals surface area contributed by atoms with Gasteiger partial charge in [-0.3, -0.25) is 4.99 Å². The molecule has 0 saturated carbocycles. The van der Waals surface area contributed by atoms with Crippen LogP contribution in [0.5, 0.6) is 11.5 Å². The third-order valence-electron chi connectivity index (χ3n) is 5.41. The van der Waals surface area contributed by atoms with Crippen LogP contribution in [0, 0.1) is 11.3 Å². The zero-order valence-electron chi connectivity index (χ0n) is 17.2. The van der Waals surface area contributed by atoms with Crippen molar-refractivity contribution in [2.24, 2.45) is 4.99 Å². The van der Waals surface area contributed by atoms with Crippen LogP contribution in [0.25, 0.3) is 0 Å². The lowest BCUT2D eigenvalue weighted by Gasteiger charge is -2.31. The molecule has 0 fully saturated rings. The summed E-state index contributed by atoms with van der Waals surface area (Å²) in [6.45, 7) is 8.55. The van der Waals surface area contributed by atoms with Crippen LogP contribution in [0.3, 0.4) is 0 Å². The van der Waals surface area contributed by atoms with Crippen LogP contribution >= 0.6 is 0 Å². The number of hydrogen-bond donors (Lipinski definition) is 0. The first-order chi connectivity index (χ1) is 13.2. The predicted molar refractivity (Wildman–Crippen MR) is 111 cm³/mol. The lowest BCUT2D eigenvalue weighted by Crippen LogP contribution is -2.30. The minimum Gasteiger partial charge on any atom is -0.493 e. The molecule has 0 aliphatic carbocycles. The average Bonchev–Trinajstić information content (AvgIpc) is 2.95. The summed E-state index contributed by atoms with van der Waals surface area (Å²) in [4.78, 5) is 5.14. The summed E-state index contributed by atoms with van der Waals surface area (Å²) in [7, 11) is 1.70. The number of methoxy groups -OCH3 is 1. The van der Waals surface area contributed by atoms with E-state index in [0.29, 0.717) is 6.42 Å². The highest BCUT2D eigenvalue weighted by atomic mass is 16.5. The van der Waals surface area contributed by atoms with Gasteiger partial charge in [0.05, 0.1) is 30.9 Å². The fraction of sp³-hybridized carbons (Fsp3) is 0.417. The van der Waals surface area contributed by atoms with Crippen molar-refractivity contribution in [2.45, 2.75) is 58.1 Å². The Morgan fingerprint density at radius 1 is 1.14 bits per heavy atom. The van der Waals surface area contributed by atoms with E-state index in [1.54, 1.807) is 7.11 Å². The van der Waals surface area contributed by atoms with E-state index < -0.39 is 0 Å². The van der Waals surface area contributed by atoms with Crippen molar-refractivity contribution in [1.82, 2.24) is 0 Å². The van der Waals surface area contributed by atoms with Crippen molar-refractivity contribution >= 4 is 5.71 Å². The SMILES string of the molecule is COc1cc2c(c3c1OC(C)(C)C3)C(c1ccc(CC#N)cc1)=NC(C)(C)C2. The van der Waals surface area contributed by atoms with Crippen molar-refractivity contribution in [3.8, 4) is 17.6 Å². The van der Waals surface area contributed by atoms with E-state index in [9.17, 15) is 0 Å². The van der Waals surface area contributed by atoms with Gasteiger partial charge in [0.25, 0.3) is 0 Å². The molecule has 4 rings (SSSR count). The third kappa shape index (κ3) is 3.16. The minimum absolute atomic E-state index is 0.193. The van der Waals surface area contributed by atoms with Gasteiger partial charge in [0.2, 0.25) is 0 Å². The van der Waals surface area contributed by atoms with Gasteiger partial charge in [-0.1, -0.05) is 24.3 Å². The molecule has 2 aliphatic rings. The number of aliphatic imine (C=N–C) groups is 1. The number of rotatable bonds is 3. The largest absolute Gasteiger partial charge is 0.493 e. The molecule has 0 N–H and O–H groups in total. The van der Waals surface area contributed by atoms with E-state index in [1.807, 2.05) is 12.1 Å². The topological polar surface area (TPSA) is 54.6 Å². The number of fused-ring (bicyclic) bond motifs is 3. The fourth-order valence-corrected chi connectivity index (χ4v) is 4.30. The highest BCUT2D eigenvalue weighted by Gasteiger charge is 2.39. The number of nitrogens with zero attached hydrogens (tertiary/aromatic N) is 2. The first-order valence-electron chi connectivity index (χ1n) is 9.71. The van der Waals surface area contributed by atoms with Crippen LogP contribution < -0.4 is 9.47 Å². The van der Waals surface area contributed by atoms with Gasteiger partial charge in [0.1, 0.15) is 5.60 Å². The Hall–Kier alpha value is -2.80. The van der Waals surface area contributed by atoms with Crippen molar-refractivity contribution in [1.29, 1.82) is 5.26 Å². The maximum Gasteiger partial charge on any atom is 0.166 e. The van der Waals surface area contributed by atoms with Gasteiger partial charge in [-0.15, -0.1) is 0 Å². The summed E-state index contributed by atoms with van der Waals surface area (Å²) in [6.07, 6.45) is 2.11. The number of nitriles is 1. The van der Waals surface area contributed by atoms with Gasteiger partial charge in [0.15, 0.2) is 11.5 Å². The van der Waals surface area contributed by atoms with Crippen LogP contribution in [0.4, 0.5) is 0 Å². The highest BCUT2D eigenvalue weighted by Crippen LogP contribution is 2.47. The Balaban J connectivity index is 1.91. The Kier molecular flexibility index (Phi) is 4.23. The fourth-order valence-electron chi connectivity index (χ4n) is 4.30. The van der Waals surface area contributed by atoms with E-state index in [0.717, 1.165) is 41.2 Å². The second-order valence-corrected chi connectivity index (χ2v) is 8.94. The third-order valence-corrected chi connectivity index (χ3v) is 5.41. The zero-order chi connectivity index (χ0) is 20.1. The van der Waals surface area contributed by atoms with Crippen LogP contribution in [-0.2, 0) is 19.3 Å².